The van der Waals surface area contributed by atoms with Gasteiger partial charge in [-0.1, -0.05) is 0 Å². The van der Waals surface area contributed by atoms with Crippen LogP contribution in [0.5, 0.6) is 0 Å². The lowest BCUT2D eigenvalue weighted by Gasteiger charge is -2.22. The zero-order valence-corrected chi connectivity index (χ0v) is 14.3. The third-order valence-electron chi connectivity index (χ3n) is 4.35. The summed E-state index contributed by atoms with van der Waals surface area (Å²) in [6.45, 7) is 5.75. The molecular weight excluding hydrogens is 304 g/mol. The molecule has 1 fully saturated rings. The van der Waals surface area contributed by atoms with Crippen molar-refractivity contribution in [2.75, 3.05) is 50.4 Å². The lowest BCUT2D eigenvalue weighted by molar-refractivity contribution is 0.343. The van der Waals surface area contributed by atoms with E-state index < -0.39 is 0 Å². The summed E-state index contributed by atoms with van der Waals surface area (Å²) in [5.41, 5.74) is 2.14. The first kappa shape index (κ1) is 16.8. The lowest BCUT2D eigenvalue weighted by atomic mass is 10.1. The fraction of sp³-hybridized carbons (Fsp3) is 0.625. The summed E-state index contributed by atoms with van der Waals surface area (Å²) in [4.78, 5) is 0. The third kappa shape index (κ3) is 4.72. The smallest absolute Gasteiger partial charge is 0.0727 e. The molecule has 0 radical (unpaired) electrons. The highest BCUT2D eigenvalue weighted by Crippen LogP contribution is 2.19. The zero-order valence-electron chi connectivity index (χ0n) is 14.3. The van der Waals surface area contributed by atoms with Crippen LogP contribution in [0.25, 0.3) is 0 Å². The van der Waals surface area contributed by atoms with Gasteiger partial charge in [-0.3, -0.25) is 9.36 Å². The molecule has 8 nitrogen and oxygen atoms in total. The standard InChI is InChI=1S/C16H28N8/c1-17-14-10-21-23(12-14)9-8-19-6-7-20-15-11-22-24(13-15)16-2-4-18-5-3-16/h10-13,16-20H,2-9H2,1H3. The van der Waals surface area contributed by atoms with E-state index in [1.54, 1.807) is 0 Å². The van der Waals surface area contributed by atoms with Crippen LogP contribution >= 0.6 is 0 Å². The minimum absolute atomic E-state index is 0.538. The van der Waals surface area contributed by atoms with E-state index in [2.05, 4.69) is 42.3 Å². The highest BCUT2D eigenvalue weighted by atomic mass is 15.3. The van der Waals surface area contributed by atoms with Crippen LogP contribution in [0.2, 0.25) is 0 Å². The van der Waals surface area contributed by atoms with Crippen molar-refractivity contribution in [2.45, 2.75) is 25.4 Å². The molecule has 0 bridgehead atoms. The van der Waals surface area contributed by atoms with E-state index in [1.807, 2.05) is 30.3 Å². The van der Waals surface area contributed by atoms with E-state index in [9.17, 15) is 0 Å². The van der Waals surface area contributed by atoms with Gasteiger partial charge in [0.05, 0.1) is 36.4 Å². The van der Waals surface area contributed by atoms with Gasteiger partial charge in [0.1, 0.15) is 0 Å². The van der Waals surface area contributed by atoms with Crippen molar-refractivity contribution in [1.82, 2.24) is 30.2 Å². The molecule has 0 atom stereocenters. The Labute approximate surface area is 143 Å². The topological polar surface area (TPSA) is 83.8 Å². The SMILES string of the molecule is CNc1cnn(CCNCCNc2cnn(C3CCNCC3)c2)c1. The number of nitrogens with one attached hydrogen (secondary N) is 4. The molecule has 3 heterocycles. The zero-order chi connectivity index (χ0) is 16.6. The van der Waals surface area contributed by atoms with Crippen molar-refractivity contribution in [2.24, 2.45) is 0 Å². The predicted molar refractivity (Wildman–Crippen MR) is 96.5 cm³/mol. The average Bonchev–Trinajstić information content (AvgIpc) is 3.28. The summed E-state index contributed by atoms with van der Waals surface area (Å²) in [7, 11) is 1.90. The summed E-state index contributed by atoms with van der Waals surface area (Å²) in [5, 5.41) is 22.1. The third-order valence-corrected chi connectivity index (χ3v) is 4.35. The fourth-order valence-corrected chi connectivity index (χ4v) is 2.93. The number of rotatable bonds is 9. The normalized spacial score (nSPS) is 15.5. The molecule has 0 unspecified atom stereocenters. The maximum atomic E-state index is 4.49. The molecule has 0 aliphatic carbocycles. The highest BCUT2D eigenvalue weighted by molar-refractivity contribution is 5.38. The molecule has 1 aliphatic heterocycles. The summed E-state index contributed by atoms with van der Waals surface area (Å²) in [5.74, 6) is 0. The largest absolute Gasteiger partial charge is 0.386 e. The molecule has 0 saturated carbocycles. The molecular formula is C16H28N8. The predicted octanol–water partition coefficient (Wildman–Crippen LogP) is 0.748. The second-order valence-corrected chi connectivity index (χ2v) is 6.11. The number of anilines is 2. The Morgan fingerprint density at radius 1 is 1.08 bits per heavy atom. The van der Waals surface area contributed by atoms with Gasteiger partial charge in [-0.05, 0) is 25.9 Å². The first-order chi connectivity index (χ1) is 11.8. The first-order valence-corrected chi connectivity index (χ1v) is 8.75. The minimum Gasteiger partial charge on any atom is -0.386 e. The van der Waals surface area contributed by atoms with Gasteiger partial charge < -0.3 is 21.3 Å². The molecule has 3 rings (SSSR count). The van der Waals surface area contributed by atoms with Crippen molar-refractivity contribution in [3.63, 3.8) is 0 Å². The van der Waals surface area contributed by atoms with Crippen LogP contribution in [0, 0.1) is 0 Å². The molecule has 8 heteroatoms. The maximum Gasteiger partial charge on any atom is 0.0727 e. The molecule has 24 heavy (non-hydrogen) atoms. The van der Waals surface area contributed by atoms with Gasteiger partial charge in [-0.25, -0.2) is 0 Å². The highest BCUT2D eigenvalue weighted by Gasteiger charge is 2.15. The van der Waals surface area contributed by atoms with Crippen molar-refractivity contribution in [3.05, 3.63) is 24.8 Å². The van der Waals surface area contributed by atoms with Gasteiger partial charge in [0.15, 0.2) is 0 Å². The lowest BCUT2D eigenvalue weighted by Crippen LogP contribution is -2.29. The van der Waals surface area contributed by atoms with Crippen LogP contribution in [0.1, 0.15) is 18.9 Å². The van der Waals surface area contributed by atoms with Gasteiger partial charge >= 0.3 is 0 Å². The molecule has 4 N–H and O–H groups in total. The molecule has 2 aromatic rings. The van der Waals surface area contributed by atoms with Gasteiger partial charge in [-0.2, -0.15) is 10.2 Å². The molecule has 0 spiro atoms. The van der Waals surface area contributed by atoms with E-state index >= 15 is 0 Å². The monoisotopic (exact) mass is 332 g/mol. The van der Waals surface area contributed by atoms with Gasteiger partial charge in [0, 0.05) is 39.1 Å². The van der Waals surface area contributed by atoms with Crippen molar-refractivity contribution < 1.29 is 0 Å². The quantitative estimate of drug-likeness (QED) is 0.507. The average molecular weight is 332 g/mol. The van der Waals surface area contributed by atoms with Crippen LogP contribution in [-0.4, -0.2) is 59.3 Å². The van der Waals surface area contributed by atoms with Gasteiger partial charge in [0.25, 0.3) is 0 Å². The van der Waals surface area contributed by atoms with Crippen molar-refractivity contribution in [1.29, 1.82) is 0 Å². The van der Waals surface area contributed by atoms with E-state index in [1.165, 1.54) is 0 Å². The Hall–Kier alpha value is -2.06. The Bertz CT molecular complexity index is 599. The van der Waals surface area contributed by atoms with Gasteiger partial charge in [-0.15, -0.1) is 0 Å². The second kappa shape index (κ2) is 8.70. The molecule has 1 aliphatic rings. The Kier molecular flexibility index (Phi) is 6.08. The van der Waals surface area contributed by atoms with Crippen LogP contribution in [0.3, 0.4) is 0 Å². The van der Waals surface area contributed by atoms with E-state index in [0.29, 0.717) is 6.04 Å². The Morgan fingerprint density at radius 3 is 2.71 bits per heavy atom. The Balaban J connectivity index is 1.30. The molecule has 132 valence electrons. The van der Waals surface area contributed by atoms with Crippen LogP contribution in [-0.2, 0) is 6.54 Å². The first-order valence-electron chi connectivity index (χ1n) is 8.75. The van der Waals surface area contributed by atoms with Crippen LogP contribution in [0.15, 0.2) is 24.8 Å². The van der Waals surface area contributed by atoms with Gasteiger partial charge in [0.2, 0.25) is 0 Å². The number of aromatic nitrogens is 4. The number of piperidine rings is 1. The van der Waals surface area contributed by atoms with E-state index in [4.69, 9.17) is 0 Å². The molecule has 0 amide bonds. The number of nitrogens with zero attached hydrogens (tertiary/aromatic N) is 4. The number of hydrogen-bond donors (Lipinski definition) is 4. The second-order valence-electron chi connectivity index (χ2n) is 6.11. The molecule has 1 saturated heterocycles. The van der Waals surface area contributed by atoms with E-state index in [0.717, 1.165) is 63.5 Å². The van der Waals surface area contributed by atoms with Crippen LogP contribution < -0.4 is 21.3 Å². The van der Waals surface area contributed by atoms with Crippen LogP contribution in [0.4, 0.5) is 11.4 Å². The summed E-state index contributed by atoms with van der Waals surface area (Å²) < 4.78 is 4.04. The minimum atomic E-state index is 0.538. The van der Waals surface area contributed by atoms with Crippen molar-refractivity contribution in [3.8, 4) is 0 Å². The summed E-state index contributed by atoms with van der Waals surface area (Å²) in [6.07, 6.45) is 10.2. The van der Waals surface area contributed by atoms with Crippen molar-refractivity contribution >= 4 is 11.4 Å². The van der Waals surface area contributed by atoms with E-state index in [-0.39, 0.29) is 0 Å². The number of hydrogen-bond acceptors (Lipinski definition) is 6. The summed E-state index contributed by atoms with van der Waals surface area (Å²) in [6, 6.07) is 0.538. The Morgan fingerprint density at radius 2 is 1.92 bits per heavy atom. The summed E-state index contributed by atoms with van der Waals surface area (Å²) >= 11 is 0. The fourth-order valence-electron chi connectivity index (χ4n) is 2.93. The molecule has 0 aromatic carbocycles. The molecule has 2 aromatic heterocycles. The maximum absolute atomic E-state index is 4.49.